The minimum atomic E-state index is -3.65. The Labute approximate surface area is 136 Å². The van der Waals surface area contributed by atoms with E-state index in [0.717, 1.165) is 0 Å². The van der Waals surface area contributed by atoms with Gasteiger partial charge in [0.25, 0.3) is 0 Å². The Morgan fingerprint density at radius 1 is 1.19 bits per heavy atom. The van der Waals surface area contributed by atoms with E-state index >= 15 is 0 Å². The molecule has 0 atom stereocenters. The molecule has 0 aliphatic rings. The minimum absolute atomic E-state index is 0. The first-order valence-corrected chi connectivity index (χ1v) is 7.90. The van der Waals surface area contributed by atoms with Gasteiger partial charge in [-0.2, -0.15) is 0 Å². The molecule has 0 unspecified atom stereocenters. The van der Waals surface area contributed by atoms with E-state index in [9.17, 15) is 8.42 Å². The summed E-state index contributed by atoms with van der Waals surface area (Å²) in [6.07, 6.45) is 0. The van der Waals surface area contributed by atoms with Crippen molar-refractivity contribution in [2.24, 2.45) is 0 Å². The summed E-state index contributed by atoms with van der Waals surface area (Å²) in [6, 6.07) is 4.46. The molecule has 1 aromatic carbocycles. The largest absolute Gasteiger partial charge is 0.495 e. The second-order valence-electron chi connectivity index (χ2n) is 3.94. The summed E-state index contributed by atoms with van der Waals surface area (Å²) in [6.45, 7) is 2.01. The van der Waals surface area contributed by atoms with Crippen LogP contribution in [0.15, 0.2) is 23.1 Å². The summed E-state index contributed by atoms with van der Waals surface area (Å²) in [5.74, 6) is 0.259. The van der Waals surface area contributed by atoms with Crippen LogP contribution in [-0.4, -0.2) is 48.9 Å². The molecule has 21 heavy (non-hydrogen) atoms. The Balaban J connectivity index is 0.00000400. The summed E-state index contributed by atoms with van der Waals surface area (Å²) in [7, 11) is -0.631. The third kappa shape index (κ3) is 6.82. The van der Waals surface area contributed by atoms with E-state index in [1.165, 1.54) is 19.2 Å². The standard InChI is InChI=1S/C12H19ClN2O4S.ClH/c1-18-8-7-14-5-6-15-20(16,17)12-9-10(13)3-4-11(12)19-2;/h3-4,9,14-15H,5-8H2,1-2H3;1H. The normalized spacial score (nSPS) is 11.0. The Kier molecular flexibility index (Phi) is 9.93. The van der Waals surface area contributed by atoms with Crippen LogP contribution >= 0.6 is 24.0 Å². The maximum absolute atomic E-state index is 12.2. The van der Waals surface area contributed by atoms with Gasteiger partial charge < -0.3 is 14.8 Å². The van der Waals surface area contributed by atoms with Crippen LogP contribution in [0.3, 0.4) is 0 Å². The van der Waals surface area contributed by atoms with Gasteiger partial charge in [0.1, 0.15) is 10.6 Å². The maximum Gasteiger partial charge on any atom is 0.244 e. The summed E-state index contributed by atoms with van der Waals surface area (Å²) < 4.78 is 36.7. The topological polar surface area (TPSA) is 76.7 Å². The average Bonchev–Trinajstić information content (AvgIpc) is 2.42. The molecule has 0 aliphatic heterocycles. The highest BCUT2D eigenvalue weighted by Gasteiger charge is 2.19. The lowest BCUT2D eigenvalue weighted by Crippen LogP contribution is -2.33. The lowest BCUT2D eigenvalue weighted by atomic mass is 10.3. The smallest absolute Gasteiger partial charge is 0.244 e. The lowest BCUT2D eigenvalue weighted by Gasteiger charge is -2.11. The highest BCUT2D eigenvalue weighted by molar-refractivity contribution is 7.89. The number of hydrogen-bond acceptors (Lipinski definition) is 5. The van der Waals surface area contributed by atoms with E-state index in [1.54, 1.807) is 13.2 Å². The van der Waals surface area contributed by atoms with Gasteiger partial charge in [-0.15, -0.1) is 12.4 Å². The maximum atomic E-state index is 12.2. The van der Waals surface area contributed by atoms with Gasteiger partial charge in [-0.1, -0.05) is 11.6 Å². The van der Waals surface area contributed by atoms with Gasteiger partial charge >= 0.3 is 0 Å². The van der Waals surface area contributed by atoms with Crippen molar-refractivity contribution in [3.05, 3.63) is 23.2 Å². The molecule has 0 aromatic heterocycles. The van der Waals surface area contributed by atoms with Gasteiger partial charge in [0.2, 0.25) is 10.0 Å². The van der Waals surface area contributed by atoms with Gasteiger partial charge in [-0.25, -0.2) is 13.1 Å². The van der Waals surface area contributed by atoms with Crippen LogP contribution in [0.25, 0.3) is 0 Å². The molecule has 122 valence electrons. The minimum Gasteiger partial charge on any atom is -0.495 e. The average molecular weight is 359 g/mol. The van der Waals surface area contributed by atoms with Crippen LogP contribution in [0, 0.1) is 0 Å². The van der Waals surface area contributed by atoms with Crippen molar-refractivity contribution in [1.82, 2.24) is 10.0 Å². The molecule has 0 spiro atoms. The zero-order chi connectivity index (χ0) is 15.0. The molecule has 0 fully saturated rings. The van der Waals surface area contributed by atoms with E-state index in [0.29, 0.717) is 24.7 Å². The zero-order valence-corrected chi connectivity index (χ0v) is 14.3. The van der Waals surface area contributed by atoms with Crippen molar-refractivity contribution in [2.45, 2.75) is 4.90 Å². The number of sulfonamides is 1. The zero-order valence-electron chi connectivity index (χ0n) is 11.9. The molecule has 1 aromatic rings. The van der Waals surface area contributed by atoms with Gasteiger partial charge in [-0.05, 0) is 18.2 Å². The second-order valence-corrected chi connectivity index (χ2v) is 6.11. The fraction of sp³-hybridized carbons (Fsp3) is 0.500. The fourth-order valence-electron chi connectivity index (χ4n) is 1.51. The van der Waals surface area contributed by atoms with Crippen LogP contribution in [0.5, 0.6) is 5.75 Å². The molecular weight excluding hydrogens is 339 g/mol. The van der Waals surface area contributed by atoms with Crippen LogP contribution in [0.2, 0.25) is 5.02 Å². The van der Waals surface area contributed by atoms with Gasteiger partial charge in [0.15, 0.2) is 0 Å². The van der Waals surface area contributed by atoms with Crippen LogP contribution < -0.4 is 14.8 Å². The van der Waals surface area contributed by atoms with E-state index in [1.807, 2.05) is 0 Å². The summed E-state index contributed by atoms with van der Waals surface area (Å²) in [5, 5.41) is 3.38. The third-order valence-corrected chi connectivity index (χ3v) is 4.21. The number of nitrogens with one attached hydrogen (secondary N) is 2. The predicted octanol–water partition coefficient (Wildman–Crippen LogP) is 1.28. The second kappa shape index (κ2) is 10.2. The molecular formula is C12H20Cl2N2O4S. The van der Waals surface area contributed by atoms with Crippen molar-refractivity contribution in [3.63, 3.8) is 0 Å². The molecule has 0 saturated heterocycles. The molecule has 0 radical (unpaired) electrons. The summed E-state index contributed by atoms with van der Waals surface area (Å²) in [5.41, 5.74) is 0. The van der Waals surface area contributed by atoms with Crippen molar-refractivity contribution in [1.29, 1.82) is 0 Å². The van der Waals surface area contributed by atoms with Crippen molar-refractivity contribution in [2.75, 3.05) is 40.5 Å². The van der Waals surface area contributed by atoms with Gasteiger partial charge in [0.05, 0.1) is 13.7 Å². The molecule has 0 bridgehead atoms. The van der Waals surface area contributed by atoms with Crippen molar-refractivity contribution >= 4 is 34.0 Å². The molecule has 6 nitrogen and oxygen atoms in total. The van der Waals surface area contributed by atoms with Crippen molar-refractivity contribution in [3.8, 4) is 5.75 Å². The first kappa shape index (κ1) is 20.4. The fourth-order valence-corrected chi connectivity index (χ4v) is 2.97. The number of ether oxygens (including phenoxy) is 2. The van der Waals surface area contributed by atoms with Crippen LogP contribution in [0.1, 0.15) is 0 Å². The van der Waals surface area contributed by atoms with E-state index in [-0.39, 0.29) is 29.6 Å². The summed E-state index contributed by atoms with van der Waals surface area (Å²) >= 11 is 5.82. The quantitative estimate of drug-likeness (QED) is 0.650. The van der Waals surface area contributed by atoms with Crippen LogP contribution in [-0.2, 0) is 14.8 Å². The molecule has 0 saturated carbocycles. The first-order valence-electron chi connectivity index (χ1n) is 6.04. The Morgan fingerprint density at radius 2 is 1.90 bits per heavy atom. The Morgan fingerprint density at radius 3 is 2.52 bits per heavy atom. The van der Waals surface area contributed by atoms with Gasteiger partial charge in [-0.3, -0.25) is 0 Å². The number of halogens is 2. The number of benzene rings is 1. The highest BCUT2D eigenvalue weighted by atomic mass is 35.5. The molecule has 1 rings (SSSR count). The molecule has 9 heteroatoms. The predicted molar refractivity (Wildman–Crippen MR) is 85.2 cm³/mol. The molecule has 0 heterocycles. The Bertz CT molecular complexity index is 526. The molecule has 0 aliphatic carbocycles. The number of rotatable bonds is 9. The SMILES string of the molecule is COCCNCCNS(=O)(=O)c1cc(Cl)ccc1OC.Cl. The van der Waals surface area contributed by atoms with Crippen LogP contribution in [0.4, 0.5) is 0 Å². The van der Waals surface area contributed by atoms with Gasteiger partial charge in [0, 0.05) is 31.8 Å². The van der Waals surface area contributed by atoms with Crippen molar-refractivity contribution < 1.29 is 17.9 Å². The first-order chi connectivity index (χ1) is 9.51. The highest BCUT2D eigenvalue weighted by Crippen LogP contribution is 2.26. The monoisotopic (exact) mass is 358 g/mol. The van der Waals surface area contributed by atoms with E-state index in [4.69, 9.17) is 21.1 Å². The Hall–Kier alpha value is -0.570. The lowest BCUT2D eigenvalue weighted by molar-refractivity contribution is 0.199. The van der Waals surface area contributed by atoms with E-state index < -0.39 is 10.0 Å². The van der Waals surface area contributed by atoms with E-state index in [2.05, 4.69) is 10.0 Å². The molecule has 2 N–H and O–H groups in total. The number of methoxy groups -OCH3 is 2. The third-order valence-electron chi connectivity index (χ3n) is 2.49. The number of hydrogen-bond donors (Lipinski definition) is 2. The summed E-state index contributed by atoms with van der Waals surface area (Å²) in [4.78, 5) is 0.0318. The molecule has 0 amide bonds.